The third kappa shape index (κ3) is 6.18. The molecule has 3 rings (SSSR count). The molecule has 32 heavy (non-hydrogen) atoms. The molecule has 0 saturated carbocycles. The Morgan fingerprint density at radius 2 is 1.84 bits per heavy atom. The standard InChI is InChI=1S/C23H26N2O6S/c1-2-30-21-11-4-3-8-18(21)12-13-23(27)31-17-22(26)24-19-9-7-10-20(16-19)32(28,29)25-14-5-6-15-25/h3-4,7-13,16H,2,5-6,14-15,17H2,1H3,(H,24,26)/b13-12+. The molecule has 1 fully saturated rings. The molecule has 1 amide bonds. The number of carbonyl (C=O) groups excluding carboxylic acids is 2. The molecule has 0 aliphatic carbocycles. The molecule has 0 atom stereocenters. The van der Waals surface area contributed by atoms with Crippen molar-refractivity contribution in [1.29, 1.82) is 0 Å². The Kier molecular flexibility index (Phi) is 8.02. The third-order valence-corrected chi connectivity index (χ3v) is 6.68. The van der Waals surface area contributed by atoms with Crippen LogP contribution in [0.3, 0.4) is 0 Å². The van der Waals surface area contributed by atoms with Gasteiger partial charge in [-0.3, -0.25) is 4.79 Å². The van der Waals surface area contributed by atoms with E-state index in [1.165, 1.54) is 22.5 Å². The maximum Gasteiger partial charge on any atom is 0.331 e. The zero-order valence-corrected chi connectivity index (χ0v) is 18.6. The number of sulfonamides is 1. The fourth-order valence-electron chi connectivity index (χ4n) is 3.26. The van der Waals surface area contributed by atoms with Gasteiger partial charge in [0.25, 0.3) is 5.91 Å². The smallest absolute Gasteiger partial charge is 0.331 e. The van der Waals surface area contributed by atoms with Crippen molar-refractivity contribution in [3.05, 3.63) is 60.2 Å². The molecular formula is C23H26N2O6S. The third-order valence-electron chi connectivity index (χ3n) is 4.78. The van der Waals surface area contributed by atoms with E-state index < -0.39 is 28.5 Å². The lowest BCUT2D eigenvalue weighted by Gasteiger charge is -2.16. The molecule has 1 heterocycles. The molecule has 0 unspecified atom stereocenters. The van der Waals surface area contributed by atoms with Crippen LogP contribution in [0.25, 0.3) is 6.08 Å². The molecule has 9 heteroatoms. The molecular weight excluding hydrogens is 432 g/mol. The van der Waals surface area contributed by atoms with Crippen LogP contribution in [-0.2, 0) is 24.3 Å². The maximum absolute atomic E-state index is 12.7. The fourth-order valence-corrected chi connectivity index (χ4v) is 4.82. The summed E-state index contributed by atoms with van der Waals surface area (Å²) in [7, 11) is -3.59. The molecule has 170 valence electrons. The second-order valence-electron chi connectivity index (χ2n) is 7.10. The van der Waals surface area contributed by atoms with E-state index in [0.29, 0.717) is 36.7 Å². The molecule has 2 aromatic rings. The topological polar surface area (TPSA) is 102 Å². The van der Waals surface area contributed by atoms with Gasteiger partial charge in [-0.2, -0.15) is 4.31 Å². The highest BCUT2D eigenvalue weighted by Crippen LogP contribution is 2.23. The van der Waals surface area contributed by atoms with E-state index in [0.717, 1.165) is 12.8 Å². The lowest BCUT2D eigenvalue weighted by atomic mass is 10.2. The summed E-state index contributed by atoms with van der Waals surface area (Å²) in [6.07, 6.45) is 4.45. The number of ether oxygens (including phenoxy) is 2. The lowest BCUT2D eigenvalue weighted by molar-refractivity contribution is -0.142. The Labute approximate surface area is 187 Å². The van der Waals surface area contributed by atoms with Crippen LogP contribution in [0, 0.1) is 0 Å². The SMILES string of the molecule is CCOc1ccccc1/C=C/C(=O)OCC(=O)Nc1cccc(S(=O)(=O)N2CCCC2)c1. The number of nitrogens with one attached hydrogen (secondary N) is 1. The average Bonchev–Trinajstić information content (AvgIpc) is 3.33. The summed E-state index contributed by atoms with van der Waals surface area (Å²) < 4.78 is 37.2. The van der Waals surface area contributed by atoms with Crippen molar-refractivity contribution in [3.63, 3.8) is 0 Å². The molecule has 2 aromatic carbocycles. The first-order valence-corrected chi connectivity index (χ1v) is 11.8. The summed E-state index contributed by atoms with van der Waals surface area (Å²) in [6.45, 7) is 2.86. The minimum atomic E-state index is -3.59. The number of benzene rings is 2. The van der Waals surface area contributed by atoms with E-state index >= 15 is 0 Å². The van der Waals surface area contributed by atoms with Crippen LogP contribution in [0.15, 0.2) is 59.5 Å². The van der Waals surface area contributed by atoms with E-state index in [9.17, 15) is 18.0 Å². The molecule has 1 aliphatic heterocycles. The molecule has 0 aromatic heterocycles. The number of hydrogen-bond donors (Lipinski definition) is 1. The van der Waals surface area contributed by atoms with Gasteiger partial charge >= 0.3 is 5.97 Å². The molecule has 0 radical (unpaired) electrons. The highest BCUT2D eigenvalue weighted by atomic mass is 32.2. The Morgan fingerprint density at radius 3 is 2.59 bits per heavy atom. The van der Waals surface area contributed by atoms with Crippen molar-refractivity contribution in [2.75, 3.05) is 31.6 Å². The van der Waals surface area contributed by atoms with Gasteiger partial charge in [-0.1, -0.05) is 24.3 Å². The highest BCUT2D eigenvalue weighted by molar-refractivity contribution is 7.89. The van der Waals surface area contributed by atoms with Crippen LogP contribution in [-0.4, -0.2) is 50.9 Å². The average molecular weight is 459 g/mol. The summed E-state index contributed by atoms with van der Waals surface area (Å²) >= 11 is 0. The Morgan fingerprint density at radius 1 is 1.09 bits per heavy atom. The van der Waals surface area contributed by atoms with Crippen molar-refractivity contribution >= 4 is 33.7 Å². The highest BCUT2D eigenvalue weighted by Gasteiger charge is 2.27. The summed E-state index contributed by atoms with van der Waals surface area (Å²) in [4.78, 5) is 24.2. The Balaban J connectivity index is 1.54. The number of nitrogens with zero attached hydrogens (tertiary/aromatic N) is 1. The molecule has 1 saturated heterocycles. The predicted molar refractivity (Wildman–Crippen MR) is 121 cm³/mol. The van der Waals surface area contributed by atoms with Crippen molar-refractivity contribution < 1.29 is 27.5 Å². The number of amides is 1. The van der Waals surface area contributed by atoms with Gasteiger partial charge in [0.05, 0.1) is 11.5 Å². The van der Waals surface area contributed by atoms with Crippen LogP contribution in [0.4, 0.5) is 5.69 Å². The first-order valence-electron chi connectivity index (χ1n) is 10.4. The van der Waals surface area contributed by atoms with E-state index in [1.807, 2.05) is 19.1 Å². The van der Waals surface area contributed by atoms with Gasteiger partial charge in [0.2, 0.25) is 10.0 Å². The molecule has 0 bridgehead atoms. The number of esters is 1. The summed E-state index contributed by atoms with van der Waals surface area (Å²) in [5, 5.41) is 2.56. The van der Waals surface area contributed by atoms with Crippen molar-refractivity contribution in [2.45, 2.75) is 24.7 Å². The van der Waals surface area contributed by atoms with Crippen molar-refractivity contribution in [1.82, 2.24) is 4.31 Å². The molecule has 1 N–H and O–H groups in total. The number of hydrogen-bond acceptors (Lipinski definition) is 6. The van der Waals surface area contributed by atoms with E-state index in [2.05, 4.69) is 5.32 Å². The van der Waals surface area contributed by atoms with Gasteiger partial charge in [0.15, 0.2) is 6.61 Å². The van der Waals surface area contributed by atoms with Crippen LogP contribution in [0.1, 0.15) is 25.3 Å². The molecule has 8 nitrogen and oxygen atoms in total. The Bertz CT molecular complexity index is 1090. The second kappa shape index (κ2) is 10.9. The quantitative estimate of drug-likeness (QED) is 0.458. The van der Waals surface area contributed by atoms with Gasteiger partial charge < -0.3 is 14.8 Å². The van der Waals surface area contributed by atoms with Gasteiger partial charge in [0, 0.05) is 30.4 Å². The van der Waals surface area contributed by atoms with Gasteiger partial charge in [0.1, 0.15) is 5.75 Å². The van der Waals surface area contributed by atoms with Gasteiger partial charge in [-0.25, -0.2) is 13.2 Å². The van der Waals surface area contributed by atoms with Crippen LogP contribution >= 0.6 is 0 Å². The van der Waals surface area contributed by atoms with Crippen molar-refractivity contribution in [3.8, 4) is 5.75 Å². The fraction of sp³-hybridized carbons (Fsp3) is 0.304. The first kappa shape index (κ1) is 23.5. The summed E-state index contributed by atoms with van der Waals surface area (Å²) in [5.74, 6) is -0.616. The maximum atomic E-state index is 12.7. The first-order chi connectivity index (χ1) is 15.4. The molecule has 0 spiro atoms. The van der Waals surface area contributed by atoms with Gasteiger partial charge in [-0.05, 0) is 50.1 Å². The zero-order chi connectivity index (χ0) is 23.0. The van der Waals surface area contributed by atoms with E-state index in [4.69, 9.17) is 9.47 Å². The number of anilines is 1. The Hall–Kier alpha value is -3.17. The second-order valence-corrected chi connectivity index (χ2v) is 9.04. The minimum absolute atomic E-state index is 0.116. The van der Waals surface area contributed by atoms with E-state index in [-0.39, 0.29) is 4.90 Å². The van der Waals surface area contributed by atoms with Crippen molar-refractivity contribution in [2.24, 2.45) is 0 Å². The van der Waals surface area contributed by atoms with Crippen LogP contribution in [0.5, 0.6) is 5.75 Å². The normalized spacial score (nSPS) is 14.4. The summed E-state index contributed by atoms with van der Waals surface area (Å²) in [5.41, 5.74) is 1.03. The predicted octanol–water partition coefficient (Wildman–Crippen LogP) is 3.06. The number of para-hydroxylation sites is 1. The largest absolute Gasteiger partial charge is 0.493 e. The van der Waals surface area contributed by atoms with Crippen LogP contribution in [0.2, 0.25) is 0 Å². The zero-order valence-electron chi connectivity index (χ0n) is 17.8. The summed E-state index contributed by atoms with van der Waals surface area (Å²) in [6, 6.07) is 13.3. The lowest BCUT2D eigenvalue weighted by Crippen LogP contribution is -2.28. The monoisotopic (exact) mass is 458 g/mol. The number of rotatable bonds is 9. The molecule has 1 aliphatic rings. The van der Waals surface area contributed by atoms with Crippen LogP contribution < -0.4 is 10.1 Å². The van der Waals surface area contributed by atoms with E-state index in [1.54, 1.807) is 30.3 Å². The number of carbonyl (C=O) groups is 2. The van der Waals surface area contributed by atoms with Gasteiger partial charge in [-0.15, -0.1) is 0 Å². The minimum Gasteiger partial charge on any atom is -0.493 e.